The van der Waals surface area contributed by atoms with Crippen LogP contribution in [0.15, 0.2) is 24.3 Å². The molecule has 0 fully saturated rings. The van der Waals surface area contributed by atoms with E-state index in [1.165, 1.54) is 0 Å². The van der Waals surface area contributed by atoms with Crippen molar-refractivity contribution >= 4 is 17.9 Å². The molecule has 0 spiro atoms. The molecule has 0 saturated carbocycles. The molecule has 0 aliphatic rings. The molecule has 0 radical (unpaired) electrons. The number of aryl methyl sites for hydroxylation is 1. The Kier molecular flexibility index (Phi) is 12.3. The maximum Gasteiger partial charge on any atom is 0.408 e. The predicted molar refractivity (Wildman–Crippen MR) is 141 cm³/mol. The van der Waals surface area contributed by atoms with E-state index in [0.29, 0.717) is 6.54 Å². The van der Waals surface area contributed by atoms with Gasteiger partial charge in [-0.05, 0) is 64.5 Å². The Morgan fingerprint density at radius 3 is 2.03 bits per heavy atom. The highest BCUT2D eigenvalue weighted by molar-refractivity contribution is 5.92. The van der Waals surface area contributed by atoms with Gasteiger partial charge >= 0.3 is 6.09 Å². The molecule has 1 rings (SSSR count). The summed E-state index contributed by atoms with van der Waals surface area (Å²) < 4.78 is 5.40. The van der Waals surface area contributed by atoms with E-state index in [1.807, 2.05) is 52.0 Å². The number of rotatable bonds is 12. The summed E-state index contributed by atoms with van der Waals surface area (Å²) in [5, 5.41) is 5.78. The largest absolute Gasteiger partial charge is 0.444 e. The monoisotopic (exact) mass is 489 g/mol. The minimum atomic E-state index is -0.836. The molecule has 2 unspecified atom stereocenters. The second-order valence-corrected chi connectivity index (χ2v) is 10.7. The summed E-state index contributed by atoms with van der Waals surface area (Å²) >= 11 is 0. The zero-order chi connectivity index (χ0) is 26.8. The van der Waals surface area contributed by atoms with E-state index in [9.17, 15) is 14.4 Å². The molecule has 0 heterocycles. The average molecular weight is 490 g/mol. The summed E-state index contributed by atoms with van der Waals surface area (Å²) in [6, 6.07) is 5.91. The van der Waals surface area contributed by atoms with Crippen LogP contribution in [0.1, 0.15) is 98.7 Å². The van der Waals surface area contributed by atoms with Gasteiger partial charge in [0.25, 0.3) is 0 Å². The van der Waals surface area contributed by atoms with Gasteiger partial charge in [-0.2, -0.15) is 0 Å². The summed E-state index contributed by atoms with van der Waals surface area (Å²) in [7, 11) is 0. The Labute approximate surface area is 212 Å². The number of hydrogen-bond donors (Lipinski definition) is 2. The van der Waals surface area contributed by atoms with Crippen LogP contribution in [0, 0.1) is 5.92 Å². The highest BCUT2D eigenvalue weighted by Crippen LogP contribution is 2.27. The van der Waals surface area contributed by atoms with Crippen molar-refractivity contribution in [2.24, 2.45) is 5.92 Å². The van der Waals surface area contributed by atoms with Crippen molar-refractivity contribution < 1.29 is 19.1 Å². The average Bonchev–Trinajstić information content (AvgIpc) is 2.76. The van der Waals surface area contributed by atoms with Crippen molar-refractivity contribution in [2.75, 3.05) is 6.54 Å². The molecule has 198 valence electrons. The second-order valence-electron chi connectivity index (χ2n) is 10.7. The van der Waals surface area contributed by atoms with Gasteiger partial charge in [-0.25, -0.2) is 4.79 Å². The fraction of sp³-hybridized carbons (Fsp3) is 0.679. The molecule has 2 N–H and O–H groups in total. The molecule has 7 nitrogen and oxygen atoms in total. The zero-order valence-corrected chi connectivity index (χ0v) is 23.2. The van der Waals surface area contributed by atoms with Gasteiger partial charge in [0.2, 0.25) is 11.8 Å². The summed E-state index contributed by atoms with van der Waals surface area (Å²) in [6.45, 7) is 17.6. The lowest BCUT2D eigenvalue weighted by Crippen LogP contribution is -2.56. The molecular weight excluding hydrogens is 442 g/mol. The van der Waals surface area contributed by atoms with Gasteiger partial charge in [-0.3, -0.25) is 9.59 Å². The van der Waals surface area contributed by atoms with Crippen molar-refractivity contribution in [1.82, 2.24) is 15.5 Å². The minimum Gasteiger partial charge on any atom is -0.444 e. The molecule has 0 bridgehead atoms. The zero-order valence-electron chi connectivity index (χ0n) is 23.2. The predicted octanol–water partition coefficient (Wildman–Crippen LogP) is 5.38. The van der Waals surface area contributed by atoms with E-state index in [4.69, 9.17) is 4.74 Å². The fourth-order valence-electron chi connectivity index (χ4n) is 3.85. The molecule has 7 heteroatoms. The summed E-state index contributed by atoms with van der Waals surface area (Å²) in [5.74, 6) is -0.728. The van der Waals surface area contributed by atoms with Crippen LogP contribution in [0.2, 0.25) is 0 Å². The lowest BCUT2D eigenvalue weighted by Gasteiger charge is -2.38. The minimum absolute atomic E-state index is 0.202. The summed E-state index contributed by atoms with van der Waals surface area (Å²) in [4.78, 5) is 41.5. The number of hydrogen-bond acceptors (Lipinski definition) is 4. The SMILES string of the molecule is CCCCCNC(=O)C(c1ccc(CC)cc1)N(C(=O)C(NC(=O)OC(C)(C)C)C(C)C)C(C)C. The topological polar surface area (TPSA) is 87.7 Å². The molecule has 2 atom stereocenters. The van der Waals surface area contributed by atoms with Crippen LogP contribution in [0.25, 0.3) is 0 Å². The first-order valence-corrected chi connectivity index (χ1v) is 13.0. The van der Waals surface area contributed by atoms with E-state index >= 15 is 0 Å². The lowest BCUT2D eigenvalue weighted by atomic mass is 9.96. The van der Waals surface area contributed by atoms with Gasteiger partial charge in [0.05, 0.1) is 0 Å². The van der Waals surface area contributed by atoms with Crippen molar-refractivity contribution in [2.45, 2.75) is 112 Å². The third kappa shape index (κ3) is 9.90. The summed E-state index contributed by atoms with van der Waals surface area (Å²) in [5.41, 5.74) is 1.22. The number of unbranched alkanes of at least 4 members (excludes halogenated alkanes) is 2. The molecule has 0 aliphatic heterocycles. The van der Waals surface area contributed by atoms with E-state index in [-0.39, 0.29) is 23.8 Å². The number of carbonyl (C=O) groups excluding carboxylic acids is 3. The van der Waals surface area contributed by atoms with Crippen LogP contribution >= 0.6 is 0 Å². The normalized spacial score (nSPS) is 13.3. The van der Waals surface area contributed by atoms with Crippen LogP contribution in [0.4, 0.5) is 4.79 Å². The first kappa shape index (κ1) is 30.5. The third-order valence-electron chi connectivity index (χ3n) is 5.73. The van der Waals surface area contributed by atoms with Crippen LogP contribution in [-0.4, -0.2) is 47.0 Å². The number of benzene rings is 1. The molecule has 0 aliphatic carbocycles. The Balaban J connectivity index is 3.36. The number of ether oxygens (including phenoxy) is 1. The van der Waals surface area contributed by atoms with Gasteiger partial charge in [0, 0.05) is 12.6 Å². The number of nitrogens with zero attached hydrogens (tertiary/aromatic N) is 1. The molecule has 0 aromatic heterocycles. The Bertz CT molecular complexity index is 812. The van der Waals surface area contributed by atoms with Crippen LogP contribution in [0.3, 0.4) is 0 Å². The van der Waals surface area contributed by atoms with E-state index in [2.05, 4.69) is 24.5 Å². The van der Waals surface area contributed by atoms with Gasteiger partial charge in [-0.15, -0.1) is 0 Å². The molecular formula is C28H47N3O4. The number of carbonyl (C=O) groups is 3. The highest BCUT2D eigenvalue weighted by atomic mass is 16.6. The van der Waals surface area contributed by atoms with Crippen molar-refractivity contribution in [3.63, 3.8) is 0 Å². The molecule has 1 aromatic carbocycles. The first-order valence-electron chi connectivity index (χ1n) is 13.0. The Morgan fingerprint density at radius 1 is 0.971 bits per heavy atom. The van der Waals surface area contributed by atoms with Crippen molar-refractivity contribution in [1.29, 1.82) is 0 Å². The maximum atomic E-state index is 13.9. The quantitative estimate of drug-likeness (QED) is 0.386. The van der Waals surface area contributed by atoms with Crippen LogP contribution in [0.5, 0.6) is 0 Å². The fourth-order valence-corrected chi connectivity index (χ4v) is 3.85. The van der Waals surface area contributed by atoms with Gasteiger partial charge in [0.15, 0.2) is 0 Å². The summed E-state index contributed by atoms with van der Waals surface area (Å²) in [6.07, 6.45) is 3.20. The molecule has 35 heavy (non-hydrogen) atoms. The Hall–Kier alpha value is -2.57. The number of amides is 3. The van der Waals surface area contributed by atoms with E-state index in [0.717, 1.165) is 36.8 Å². The Morgan fingerprint density at radius 2 is 1.57 bits per heavy atom. The molecule has 1 aromatic rings. The van der Waals surface area contributed by atoms with E-state index in [1.54, 1.807) is 25.7 Å². The highest BCUT2D eigenvalue weighted by Gasteiger charge is 2.38. The van der Waals surface area contributed by atoms with Crippen LogP contribution in [-0.2, 0) is 20.7 Å². The van der Waals surface area contributed by atoms with Gasteiger partial charge in [-0.1, -0.05) is 64.8 Å². The number of alkyl carbamates (subject to hydrolysis) is 1. The van der Waals surface area contributed by atoms with Crippen molar-refractivity contribution in [3.8, 4) is 0 Å². The number of nitrogens with one attached hydrogen (secondary N) is 2. The smallest absolute Gasteiger partial charge is 0.408 e. The lowest BCUT2D eigenvalue weighted by molar-refractivity contribution is -0.145. The molecule has 0 saturated heterocycles. The van der Waals surface area contributed by atoms with Gasteiger partial charge in [0.1, 0.15) is 17.7 Å². The van der Waals surface area contributed by atoms with Crippen LogP contribution < -0.4 is 10.6 Å². The standard InChI is InChI=1S/C28H47N3O4/c1-10-12-13-18-29-25(32)24(22-16-14-21(11-2)15-17-22)31(20(5)6)26(33)23(19(3)4)30-27(34)35-28(7,8)9/h14-17,19-20,23-24H,10-13,18H2,1-9H3,(H,29,32)(H,30,34). The third-order valence-corrected chi connectivity index (χ3v) is 5.73. The van der Waals surface area contributed by atoms with Gasteiger partial charge < -0.3 is 20.3 Å². The maximum absolute atomic E-state index is 13.9. The first-order chi connectivity index (χ1) is 16.3. The van der Waals surface area contributed by atoms with Crippen molar-refractivity contribution in [3.05, 3.63) is 35.4 Å². The molecule has 3 amide bonds. The second kappa shape index (κ2) is 14.1. The van der Waals surface area contributed by atoms with E-state index < -0.39 is 23.8 Å².